The van der Waals surface area contributed by atoms with Crippen LogP contribution in [0.3, 0.4) is 0 Å². The summed E-state index contributed by atoms with van der Waals surface area (Å²) in [5.41, 5.74) is 2.05. The summed E-state index contributed by atoms with van der Waals surface area (Å²) in [6, 6.07) is 1.22. The Morgan fingerprint density at radius 1 is 1.10 bits per heavy atom. The predicted molar refractivity (Wildman–Crippen MR) is 94.0 cm³/mol. The third-order valence-electron chi connectivity index (χ3n) is 4.01. The van der Waals surface area contributed by atoms with E-state index in [9.17, 15) is 35.9 Å². The summed E-state index contributed by atoms with van der Waals surface area (Å²) < 4.78 is 78.2. The number of amides is 2. The Kier molecular flexibility index (Phi) is 5.00. The van der Waals surface area contributed by atoms with Crippen LogP contribution in [0.1, 0.15) is 37.1 Å². The van der Waals surface area contributed by atoms with E-state index in [1.807, 2.05) is 0 Å². The third-order valence-corrected chi connectivity index (χ3v) is 5.11. The highest BCUT2D eigenvalue weighted by Gasteiger charge is 2.36. The first-order chi connectivity index (χ1) is 13.7. The molecule has 0 saturated heterocycles. The maximum Gasteiger partial charge on any atom is 0.435 e. The summed E-state index contributed by atoms with van der Waals surface area (Å²) in [7, 11) is 1.10. The summed E-state index contributed by atoms with van der Waals surface area (Å²) in [6.45, 7) is 1.30. The molecule has 3 aromatic heterocycles. The van der Waals surface area contributed by atoms with Crippen molar-refractivity contribution < 1.29 is 35.9 Å². The van der Waals surface area contributed by atoms with Crippen LogP contribution >= 0.6 is 11.3 Å². The first-order valence-electron chi connectivity index (χ1n) is 7.94. The van der Waals surface area contributed by atoms with Crippen LogP contribution in [0.2, 0.25) is 0 Å². The van der Waals surface area contributed by atoms with Gasteiger partial charge in [0.15, 0.2) is 5.69 Å². The Hall–Kier alpha value is -3.16. The number of pyridine rings is 1. The summed E-state index contributed by atoms with van der Waals surface area (Å²) in [5, 5.41) is 5.49. The minimum Gasteiger partial charge on any atom is -0.365 e. The molecule has 2 amide bonds. The first kappa shape index (κ1) is 21.5. The lowest BCUT2D eigenvalue weighted by Crippen LogP contribution is -2.19. The van der Waals surface area contributed by atoms with Crippen LogP contribution < -0.4 is 11.1 Å². The van der Waals surface area contributed by atoms with Gasteiger partial charge in [0.05, 0.1) is 5.69 Å². The average molecular weight is 451 g/mol. The van der Waals surface area contributed by atoms with Gasteiger partial charge in [-0.15, -0.1) is 11.3 Å². The monoisotopic (exact) mass is 451 g/mol. The van der Waals surface area contributed by atoms with E-state index in [1.54, 1.807) is 0 Å². The van der Waals surface area contributed by atoms with Crippen molar-refractivity contribution in [3.05, 3.63) is 39.7 Å². The van der Waals surface area contributed by atoms with Crippen LogP contribution in [0.4, 0.5) is 32.0 Å². The number of thiophene rings is 1. The molecule has 0 saturated carbocycles. The zero-order valence-corrected chi connectivity index (χ0v) is 15.9. The molecule has 0 radical (unpaired) electrons. The minimum absolute atomic E-state index is 0.0216. The van der Waals surface area contributed by atoms with Gasteiger partial charge in [-0.2, -0.15) is 31.4 Å². The van der Waals surface area contributed by atoms with Crippen molar-refractivity contribution in [2.75, 3.05) is 5.32 Å². The number of aryl methyl sites for hydroxylation is 2. The van der Waals surface area contributed by atoms with Gasteiger partial charge < -0.3 is 11.1 Å². The highest BCUT2D eigenvalue weighted by molar-refractivity contribution is 7.21. The van der Waals surface area contributed by atoms with Gasteiger partial charge in [-0.05, 0) is 18.6 Å². The maximum absolute atomic E-state index is 13.0. The number of nitrogens with two attached hydrogens (primary N) is 1. The zero-order valence-electron chi connectivity index (χ0n) is 15.1. The number of anilines is 1. The molecule has 7 nitrogen and oxygen atoms in total. The standard InChI is InChI=1S/C16H11F6N5O2S/c1-5-3-7(15(17,18)19)24-14-9(5)10(11(30-14)12(23)28)25-13(29)6-4-8(16(20,21)22)26-27(6)2/h3-4H,1-2H3,(H2,23,28)(H,25,29). The Labute approximate surface area is 167 Å². The first-order valence-corrected chi connectivity index (χ1v) is 8.75. The molecule has 0 unspecified atom stereocenters. The molecule has 0 spiro atoms. The molecule has 0 aliphatic rings. The van der Waals surface area contributed by atoms with E-state index < -0.39 is 41.2 Å². The lowest BCUT2D eigenvalue weighted by Gasteiger charge is -2.09. The highest BCUT2D eigenvalue weighted by atomic mass is 32.1. The molecule has 14 heteroatoms. The number of hydrogen-bond acceptors (Lipinski definition) is 5. The molecule has 0 atom stereocenters. The molecule has 3 rings (SSSR count). The van der Waals surface area contributed by atoms with Crippen LogP contribution in [-0.4, -0.2) is 26.6 Å². The van der Waals surface area contributed by atoms with Gasteiger partial charge in [0.2, 0.25) is 0 Å². The Morgan fingerprint density at radius 2 is 1.70 bits per heavy atom. The quantitative estimate of drug-likeness (QED) is 0.593. The molecule has 0 aromatic carbocycles. The second-order valence-electron chi connectivity index (χ2n) is 6.16. The maximum atomic E-state index is 13.0. The fourth-order valence-electron chi connectivity index (χ4n) is 2.72. The topological polar surface area (TPSA) is 103 Å². The molecule has 30 heavy (non-hydrogen) atoms. The smallest absolute Gasteiger partial charge is 0.365 e. The molecule has 0 fully saturated rings. The molecule has 160 valence electrons. The Bertz CT molecular complexity index is 1180. The lowest BCUT2D eigenvalue weighted by atomic mass is 10.1. The van der Waals surface area contributed by atoms with Crippen molar-refractivity contribution in [3.8, 4) is 0 Å². The molecule has 0 bridgehead atoms. The van der Waals surface area contributed by atoms with Crippen molar-refractivity contribution in [2.24, 2.45) is 12.8 Å². The fraction of sp³-hybridized carbons (Fsp3) is 0.250. The SMILES string of the molecule is Cc1cc(C(F)(F)F)nc2sc(C(N)=O)c(NC(=O)c3cc(C(F)(F)F)nn3C)c12. The van der Waals surface area contributed by atoms with Gasteiger partial charge in [-0.25, -0.2) is 4.98 Å². The Morgan fingerprint density at radius 3 is 2.20 bits per heavy atom. The van der Waals surface area contributed by atoms with Crippen molar-refractivity contribution in [3.63, 3.8) is 0 Å². The number of nitrogens with zero attached hydrogens (tertiary/aromatic N) is 3. The van der Waals surface area contributed by atoms with Gasteiger partial charge in [0, 0.05) is 18.5 Å². The van der Waals surface area contributed by atoms with Crippen molar-refractivity contribution in [1.82, 2.24) is 14.8 Å². The van der Waals surface area contributed by atoms with E-state index in [4.69, 9.17) is 5.73 Å². The number of alkyl halides is 6. The molecule has 3 aromatic rings. The summed E-state index contributed by atoms with van der Waals surface area (Å²) in [4.78, 5) is 27.3. The number of halogens is 6. The normalized spacial score (nSPS) is 12.4. The number of hydrogen-bond donors (Lipinski definition) is 2. The summed E-state index contributed by atoms with van der Waals surface area (Å²) >= 11 is 0.524. The number of nitrogens with one attached hydrogen (secondary N) is 1. The van der Waals surface area contributed by atoms with Gasteiger partial charge in [0.25, 0.3) is 11.8 Å². The second-order valence-corrected chi connectivity index (χ2v) is 7.16. The summed E-state index contributed by atoms with van der Waals surface area (Å²) in [5.74, 6) is -2.12. The number of aromatic nitrogens is 3. The van der Waals surface area contributed by atoms with E-state index in [2.05, 4.69) is 15.4 Å². The van der Waals surface area contributed by atoms with Gasteiger partial charge >= 0.3 is 12.4 Å². The second kappa shape index (κ2) is 6.97. The zero-order chi connectivity index (χ0) is 22.6. The number of carbonyl (C=O) groups excluding carboxylic acids is 2. The largest absolute Gasteiger partial charge is 0.435 e. The van der Waals surface area contributed by atoms with Gasteiger partial charge in [-0.3, -0.25) is 14.3 Å². The molecule has 0 aliphatic heterocycles. The van der Waals surface area contributed by atoms with Crippen LogP contribution in [-0.2, 0) is 19.4 Å². The molecule has 3 N–H and O–H groups in total. The van der Waals surface area contributed by atoms with Crippen molar-refractivity contribution >= 4 is 39.1 Å². The number of fused-ring (bicyclic) bond motifs is 1. The Balaban J connectivity index is 2.12. The average Bonchev–Trinajstić information content (AvgIpc) is 3.15. The van der Waals surface area contributed by atoms with Gasteiger partial charge in [-0.1, -0.05) is 0 Å². The number of rotatable bonds is 3. The third kappa shape index (κ3) is 3.81. The molecule has 0 aliphatic carbocycles. The van der Waals surface area contributed by atoms with Crippen LogP contribution in [0.25, 0.3) is 10.2 Å². The minimum atomic E-state index is -4.79. The van der Waals surface area contributed by atoms with Gasteiger partial charge in [0.1, 0.15) is 21.1 Å². The van der Waals surface area contributed by atoms with Crippen LogP contribution in [0, 0.1) is 6.92 Å². The number of primary amides is 1. The van der Waals surface area contributed by atoms with E-state index in [0.717, 1.165) is 13.1 Å². The van der Waals surface area contributed by atoms with E-state index in [1.165, 1.54) is 6.92 Å². The van der Waals surface area contributed by atoms with E-state index >= 15 is 0 Å². The molecule has 3 heterocycles. The number of carbonyl (C=O) groups is 2. The van der Waals surface area contributed by atoms with Crippen LogP contribution in [0.15, 0.2) is 12.1 Å². The fourth-order valence-corrected chi connectivity index (χ4v) is 3.77. The predicted octanol–water partition coefficient (Wildman–Crippen LogP) is 3.73. The van der Waals surface area contributed by atoms with Crippen molar-refractivity contribution in [1.29, 1.82) is 0 Å². The van der Waals surface area contributed by atoms with Crippen LogP contribution in [0.5, 0.6) is 0 Å². The summed E-state index contributed by atoms with van der Waals surface area (Å²) in [6.07, 6.45) is -9.54. The lowest BCUT2D eigenvalue weighted by molar-refractivity contribution is -0.142. The molecular formula is C16H11F6N5O2S. The van der Waals surface area contributed by atoms with Crippen molar-refractivity contribution in [2.45, 2.75) is 19.3 Å². The van der Waals surface area contributed by atoms with E-state index in [-0.39, 0.29) is 26.3 Å². The molecular weight excluding hydrogens is 440 g/mol. The highest BCUT2D eigenvalue weighted by Crippen LogP contribution is 2.40. The van der Waals surface area contributed by atoms with E-state index in [0.29, 0.717) is 22.1 Å².